The lowest BCUT2D eigenvalue weighted by atomic mass is 9.98. The highest BCUT2D eigenvalue weighted by molar-refractivity contribution is 6.34. The molecule has 7 nitrogen and oxygen atoms in total. The number of anilines is 1. The smallest absolute Gasteiger partial charge is 0.407 e. The largest absolute Gasteiger partial charge is 0.478 e. The fraction of sp³-hybridized carbons (Fsp3) is 0.222. The first-order valence-corrected chi connectivity index (χ1v) is 11.7. The van der Waals surface area contributed by atoms with Crippen LogP contribution in [0.15, 0.2) is 66.7 Å². The molecule has 0 radical (unpaired) electrons. The van der Waals surface area contributed by atoms with Crippen LogP contribution in [0.25, 0.3) is 11.1 Å². The van der Waals surface area contributed by atoms with Crippen LogP contribution in [0.4, 0.5) is 10.5 Å². The van der Waals surface area contributed by atoms with Gasteiger partial charge in [-0.1, -0.05) is 73.1 Å². The zero-order valence-corrected chi connectivity index (χ0v) is 19.8. The number of carbonyl (C=O) groups excluding carboxylic acids is 2. The summed E-state index contributed by atoms with van der Waals surface area (Å²) in [6, 6.07) is 20.1. The molecule has 3 N–H and O–H groups in total. The van der Waals surface area contributed by atoms with Crippen LogP contribution >= 0.6 is 11.6 Å². The van der Waals surface area contributed by atoms with E-state index in [1.807, 2.05) is 43.3 Å². The third-order valence-corrected chi connectivity index (χ3v) is 6.41. The third-order valence-electron chi connectivity index (χ3n) is 6.09. The molecule has 1 aliphatic rings. The van der Waals surface area contributed by atoms with Crippen molar-refractivity contribution in [1.29, 1.82) is 0 Å². The summed E-state index contributed by atoms with van der Waals surface area (Å²) in [5.41, 5.74) is 4.43. The quantitative estimate of drug-likeness (QED) is 0.375. The van der Waals surface area contributed by atoms with Gasteiger partial charge in [0.2, 0.25) is 5.91 Å². The van der Waals surface area contributed by atoms with Crippen LogP contribution in [-0.4, -0.2) is 35.7 Å². The summed E-state index contributed by atoms with van der Waals surface area (Å²) in [5.74, 6) is -1.75. The predicted molar refractivity (Wildman–Crippen MR) is 134 cm³/mol. The van der Waals surface area contributed by atoms with Crippen molar-refractivity contribution in [3.05, 3.63) is 88.4 Å². The molecule has 180 valence electrons. The van der Waals surface area contributed by atoms with Crippen LogP contribution in [0.1, 0.15) is 47.2 Å². The van der Waals surface area contributed by atoms with Gasteiger partial charge in [-0.25, -0.2) is 9.59 Å². The van der Waals surface area contributed by atoms with Gasteiger partial charge in [-0.2, -0.15) is 0 Å². The number of carboxylic acids is 1. The van der Waals surface area contributed by atoms with Gasteiger partial charge in [-0.3, -0.25) is 4.79 Å². The van der Waals surface area contributed by atoms with Crippen molar-refractivity contribution in [3.63, 3.8) is 0 Å². The Morgan fingerprint density at radius 2 is 1.60 bits per heavy atom. The number of rotatable bonds is 8. The minimum Gasteiger partial charge on any atom is -0.478 e. The van der Waals surface area contributed by atoms with Crippen molar-refractivity contribution in [2.45, 2.75) is 31.7 Å². The first kappa shape index (κ1) is 24.3. The van der Waals surface area contributed by atoms with E-state index < -0.39 is 24.0 Å². The fourth-order valence-electron chi connectivity index (χ4n) is 4.37. The average Bonchev–Trinajstić information content (AvgIpc) is 3.16. The predicted octanol–water partition coefficient (Wildman–Crippen LogP) is 5.68. The molecule has 1 aliphatic carbocycles. The van der Waals surface area contributed by atoms with Gasteiger partial charge in [0.1, 0.15) is 12.2 Å². The average molecular weight is 493 g/mol. The number of alkyl carbamates (subject to hydrolysis) is 1. The van der Waals surface area contributed by atoms with Crippen molar-refractivity contribution in [2.24, 2.45) is 0 Å². The van der Waals surface area contributed by atoms with E-state index in [2.05, 4.69) is 22.8 Å². The Balaban J connectivity index is 1.36. The van der Waals surface area contributed by atoms with Crippen LogP contribution in [-0.2, 0) is 9.53 Å². The van der Waals surface area contributed by atoms with Gasteiger partial charge in [0.15, 0.2) is 0 Å². The van der Waals surface area contributed by atoms with Gasteiger partial charge in [0.05, 0.1) is 10.7 Å². The molecule has 0 saturated heterocycles. The molecule has 0 spiro atoms. The van der Waals surface area contributed by atoms with Gasteiger partial charge >= 0.3 is 12.1 Å². The fourth-order valence-corrected chi connectivity index (χ4v) is 4.63. The Kier molecular flexibility index (Phi) is 7.36. The monoisotopic (exact) mass is 492 g/mol. The summed E-state index contributed by atoms with van der Waals surface area (Å²) in [7, 11) is 0. The first-order valence-electron chi connectivity index (χ1n) is 11.3. The Morgan fingerprint density at radius 3 is 2.20 bits per heavy atom. The number of aromatic carboxylic acids is 1. The van der Waals surface area contributed by atoms with Crippen molar-refractivity contribution in [1.82, 2.24) is 5.32 Å². The highest BCUT2D eigenvalue weighted by Gasteiger charge is 2.29. The zero-order chi connectivity index (χ0) is 24.9. The second kappa shape index (κ2) is 10.6. The summed E-state index contributed by atoms with van der Waals surface area (Å²) in [4.78, 5) is 36.6. The summed E-state index contributed by atoms with van der Waals surface area (Å²) in [5, 5.41) is 14.7. The number of benzene rings is 3. The van der Waals surface area contributed by atoms with Crippen LogP contribution < -0.4 is 10.6 Å². The van der Waals surface area contributed by atoms with Gasteiger partial charge in [-0.05, 0) is 40.8 Å². The highest BCUT2D eigenvalue weighted by atomic mass is 35.5. The molecule has 3 aromatic carbocycles. The lowest BCUT2D eigenvalue weighted by Gasteiger charge is -2.19. The molecule has 0 saturated carbocycles. The van der Waals surface area contributed by atoms with Crippen molar-refractivity contribution in [3.8, 4) is 11.1 Å². The van der Waals surface area contributed by atoms with Crippen molar-refractivity contribution >= 4 is 35.3 Å². The number of hydrogen-bond donors (Lipinski definition) is 3. The van der Waals surface area contributed by atoms with Gasteiger partial charge in [0.25, 0.3) is 0 Å². The summed E-state index contributed by atoms with van der Waals surface area (Å²) < 4.78 is 5.56. The number of amides is 2. The Hall–Kier alpha value is -3.84. The van der Waals surface area contributed by atoms with E-state index in [1.165, 1.54) is 12.1 Å². The van der Waals surface area contributed by atoms with E-state index in [4.69, 9.17) is 16.3 Å². The second-order valence-electron chi connectivity index (χ2n) is 8.29. The molecular weight excluding hydrogens is 468 g/mol. The minimum atomic E-state index is -1.24. The molecule has 3 aromatic rings. The van der Waals surface area contributed by atoms with Crippen LogP contribution in [0, 0.1) is 0 Å². The molecule has 0 heterocycles. The highest BCUT2D eigenvalue weighted by Crippen LogP contribution is 2.44. The topological polar surface area (TPSA) is 105 Å². The van der Waals surface area contributed by atoms with Gasteiger partial charge in [0, 0.05) is 18.4 Å². The Labute approximate surface area is 208 Å². The number of nitrogens with one attached hydrogen (secondary N) is 2. The number of carbonyl (C=O) groups is 3. The maximum absolute atomic E-state index is 12.6. The number of halogens is 1. The SMILES string of the molecule is CC[C@H](CC(=O)Nc1cccc(Cl)c1C(=O)O)NC(=O)OCC1c2ccccc2-c2ccccc21. The lowest BCUT2D eigenvalue weighted by molar-refractivity contribution is -0.116. The van der Waals surface area contributed by atoms with E-state index in [-0.39, 0.29) is 35.2 Å². The van der Waals surface area contributed by atoms with Crippen LogP contribution in [0.2, 0.25) is 5.02 Å². The Morgan fingerprint density at radius 1 is 0.971 bits per heavy atom. The minimum absolute atomic E-state index is 0.0269. The number of ether oxygens (including phenoxy) is 1. The summed E-state index contributed by atoms with van der Waals surface area (Å²) in [6.07, 6.45) is -0.175. The molecule has 0 fully saturated rings. The maximum atomic E-state index is 12.6. The lowest BCUT2D eigenvalue weighted by Crippen LogP contribution is -2.38. The van der Waals surface area contributed by atoms with E-state index in [0.29, 0.717) is 6.42 Å². The second-order valence-corrected chi connectivity index (χ2v) is 8.70. The zero-order valence-electron chi connectivity index (χ0n) is 19.1. The molecule has 0 aliphatic heterocycles. The molecule has 2 amide bonds. The number of carboxylic acid groups (broad SMARTS) is 1. The van der Waals surface area contributed by atoms with Crippen molar-refractivity contribution in [2.75, 3.05) is 11.9 Å². The molecule has 0 bridgehead atoms. The number of fused-ring (bicyclic) bond motifs is 3. The molecular formula is C27H25ClN2O5. The molecule has 4 rings (SSSR count). The molecule has 35 heavy (non-hydrogen) atoms. The number of hydrogen-bond acceptors (Lipinski definition) is 4. The van der Waals surface area contributed by atoms with Crippen LogP contribution in [0.3, 0.4) is 0 Å². The molecule has 1 atom stereocenters. The van der Waals surface area contributed by atoms with E-state index in [9.17, 15) is 19.5 Å². The van der Waals surface area contributed by atoms with Crippen molar-refractivity contribution < 1.29 is 24.2 Å². The molecule has 0 aromatic heterocycles. The normalized spacial score (nSPS) is 12.9. The van der Waals surface area contributed by atoms with Gasteiger partial charge in [-0.15, -0.1) is 0 Å². The van der Waals surface area contributed by atoms with Crippen LogP contribution in [0.5, 0.6) is 0 Å². The van der Waals surface area contributed by atoms with Gasteiger partial charge < -0.3 is 20.5 Å². The van der Waals surface area contributed by atoms with E-state index in [1.54, 1.807) is 6.07 Å². The molecule has 8 heteroatoms. The maximum Gasteiger partial charge on any atom is 0.407 e. The summed E-state index contributed by atoms with van der Waals surface area (Å²) in [6.45, 7) is 2.01. The summed E-state index contributed by atoms with van der Waals surface area (Å²) >= 11 is 5.96. The Bertz CT molecular complexity index is 1230. The standard InChI is InChI=1S/C27H25ClN2O5/c1-2-16(14-24(31)30-23-13-7-12-22(28)25(23)26(32)33)29-27(34)35-15-21-19-10-5-3-8-17(19)18-9-4-6-11-20(18)21/h3-13,16,21H,2,14-15H2,1H3,(H,29,34)(H,30,31)(H,32,33)/t16-/m1/s1. The van der Waals surface area contributed by atoms with E-state index in [0.717, 1.165) is 22.3 Å². The first-order chi connectivity index (χ1) is 16.9. The molecule has 0 unspecified atom stereocenters. The third kappa shape index (κ3) is 5.30. The van der Waals surface area contributed by atoms with E-state index >= 15 is 0 Å².